The fourth-order valence-electron chi connectivity index (χ4n) is 2.20. The van der Waals surface area contributed by atoms with Crippen LogP contribution in [0.4, 0.5) is 0 Å². The van der Waals surface area contributed by atoms with Crippen molar-refractivity contribution in [3.63, 3.8) is 0 Å². The average molecular weight is 254 g/mol. The van der Waals surface area contributed by atoms with Gasteiger partial charge in [0.2, 0.25) is 0 Å². The summed E-state index contributed by atoms with van der Waals surface area (Å²) in [6.07, 6.45) is 3.52. The summed E-state index contributed by atoms with van der Waals surface area (Å²) >= 11 is 0. The van der Waals surface area contributed by atoms with Crippen LogP contribution in [0.5, 0.6) is 0 Å². The van der Waals surface area contributed by atoms with Gasteiger partial charge in [0.05, 0.1) is 5.60 Å². The minimum Gasteiger partial charge on any atom is -0.374 e. The van der Waals surface area contributed by atoms with Gasteiger partial charge in [0.15, 0.2) is 0 Å². The SMILES string of the molecule is CCCn1ncnc1CC(NC)C(C)(C)OCC. The Morgan fingerprint density at radius 3 is 2.72 bits per heavy atom. The summed E-state index contributed by atoms with van der Waals surface area (Å²) in [6, 6.07) is 0.220. The molecule has 1 unspecified atom stereocenters. The Balaban J connectivity index is 2.76. The van der Waals surface area contributed by atoms with E-state index in [4.69, 9.17) is 4.74 Å². The zero-order chi connectivity index (χ0) is 13.6. The van der Waals surface area contributed by atoms with Crippen molar-refractivity contribution in [2.24, 2.45) is 0 Å². The smallest absolute Gasteiger partial charge is 0.138 e. The highest BCUT2D eigenvalue weighted by atomic mass is 16.5. The summed E-state index contributed by atoms with van der Waals surface area (Å²) in [5.41, 5.74) is -0.216. The molecule has 1 rings (SSSR count). The van der Waals surface area contributed by atoms with Crippen LogP contribution in [0.15, 0.2) is 6.33 Å². The highest BCUT2D eigenvalue weighted by Crippen LogP contribution is 2.18. The van der Waals surface area contributed by atoms with Crippen LogP contribution in [0, 0.1) is 0 Å². The molecule has 0 fully saturated rings. The largest absolute Gasteiger partial charge is 0.374 e. The zero-order valence-electron chi connectivity index (χ0n) is 12.2. The molecule has 1 aromatic heterocycles. The molecule has 0 aliphatic carbocycles. The van der Waals surface area contributed by atoms with Gasteiger partial charge < -0.3 is 10.1 Å². The minimum absolute atomic E-state index is 0.216. The van der Waals surface area contributed by atoms with Crippen molar-refractivity contribution in [2.75, 3.05) is 13.7 Å². The predicted octanol–water partition coefficient (Wildman–Crippen LogP) is 1.63. The second kappa shape index (κ2) is 6.85. The van der Waals surface area contributed by atoms with E-state index in [0.29, 0.717) is 6.61 Å². The van der Waals surface area contributed by atoms with Crippen LogP contribution in [0.3, 0.4) is 0 Å². The van der Waals surface area contributed by atoms with Gasteiger partial charge in [-0.2, -0.15) is 5.10 Å². The van der Waals surface area contributed by atoms with Gasteiger partial charge in [-0.25, -0.2) is 4.98 Å². The molecule has 0 spiro atoms. The van der Waals surface area contributed by atoms with E-state index in [1.54, 1.807) is 6.33 Å². The van der Waals surface area contributed by atoms with E-state index < -0.39 is 0 Å². The van der Waals surface area contributed by atoms with Crippen LogP contribution >= 0.6 is 0 Å². The third kappa shape index (κ3) is 3.78. The molecule has 0 bridgehead atoms. The summed E-state index contributed by atoms with van der Waals surface area (Å²) in [4.78, 5) is 4.35. The molecule has 5 heteroatoms. The number of likely N-dealkylation sites (N-methyl/N-ethyl adjacent to an activating group) is 1. The van der Waals surface area contributed by atoms with Gasteiger partial charge in [-0.05, 0) is 34.2 Å². The Labute approximate surface area is 110 Å². The highest BCUT2D eigenvalue weighted by Gasteiger charge is 2.30. The van der Waals surface area contributed by atoms with Gasteiger partial charge in [-0.1, -0.05) is 6.92 Å². The van der Waals surface area contributed by atoms with Gasteiger partial charge in [-0.15, -0.1) is 0 Å². The molecular formula is C13H26N4O. The number of nitrogens with one attached hydrogen (secondary N) is 1. The van der Waals surface area contributed by atoms with E-state index >= 15 is 0 Å². The lowest BCUT2D eigenvalue weighted by atomic mass is 9.95. The van der Waals surface area contributed by atoms with Crippen molar-refractivity contribution in [1.82, 2.24) is 20.1 Å². The third-order valence-corrected chi connectivity index (χ3v) is 3.22. The highest BCUT2D eigenvalue weighted by molar-refractivity contribution is 4.96. The number of aryl methyl sites for hydroxylation is 1. The first-order chi connectivity index (χ1) is 8.55. The second-order valence-corrected chi connectivity index (χ2v) is 4.98. The maximum absolute atomic E-state index is 5.81. The summed E-state index contributed by atoms with van der Waals surface area (Å²) < 4.78 is 7.79. The number of nitrogens with zero attached hydrogens (tertiary/aromatic N) is 3. The van der Waals surface area contributed by atoms with E-state index in [1.807, 2.05) is 18.7 Å². The van der Waals surface area contributed by atoms with Crippen molar-refractivity contribution in [2.45, 2.75) is 58.7 Å². The fraction of sp³-hybridized carbons (Fsp3) is 0.846. The number of aromatic nitrogens is 3. The van der Waals surface area contributed by atoms with Crippen LogP contribution in [-0.4, -0.2) is 40.1 Å². The van der Waals surface area contributed by atoms with E-state index in [0.717, 1.165) is 25.2 Å². The lowest BCUT2D eigenvalue weighted by molar-refractivity contribution is -0.0369. The Hall–Kier alpha value is -0.940. The van der Waals surface area contributed by atoms with Crippen molar-refractivity contribution in [3.8, 4) is 0 Å². The van der Waals surface area contributed by atoms with Crippen LogP contribution in [0.2, 0.25) is 0 Å². The molecule has 0 aliphatic heterocycles. The minimum atomic E-state index is -0.216. The normalized spacial score (nSPS) is 13.8. The first kappa shape index (κ1) is 15.1. The molecule has 1 heterocycles. The standard InChI is InChI=1S/C13H26N4O/c1-6-8-17-12(15-10-16-17)9-11(14-5)13(3,4)18-7-2/h10-11,14H,6-9H2,1-5H3. The van der Waals surface area contributed by atoms with Gasteiger partial charge >= 0.3 is 0 Å². The van der Waals surface area contributed by atoms with Gasteiger partial charge in [0.1, 0.15) is 12.2 Å². The van der Waals surface area contributed by atoms with Gasteiger partial charge in [-0.3, -0.25) is 4.68 Å². The quantitative estimate of drug-likeness (QED) is 0.766. The number of hydrogen-bond acceptors (Lipinski definition) is 4. The molecular weight excluding hydrogens is 228 g/mol. The Bertz CT molecular complexity index is 349. The Morgan fingerprint density at radius 2 is 2.17 bits per heavy atom. The maximum Gasteiger partial charge on any atom is 0.138 e. The average Bonchev–Trinajstić information content (AvgIpc) is 2.73. The Morgan fingerprint density at radius 1 is 1.44 bits per heavy atom. The zero-order valence-corrected chi connectivity index (χ0v) is 12.2. The molecule has 1 atom stereocenters. The molecule has 0 saturated heterocycles. The van der Waals surface area contributed by atoms with Crippen LogP contribution in [0.1, 0.15) is 39.9 Å². The lowest BCUT2D eigenvalue weighted by Gasteiger charge is -2.33. The van der Waals surface area contributed by atoms with Crippen molar-refractivity contribution >= 4 is 0 Å². The van der Waals surface area contributed by atoms with Crippen molar-refractivity contribution in [3.05, 3.63) is 12.2 Å². The number of rotatable bonds is 8. The lowest BCUT2D eigenvalue weighted by Crippen LogP contribution is -2.49. The topological polar surface area (TPSA) is 52.0 Å². The maximum atomic E-state index is 5.81. The summed E-state index contributed by atoms with van der Waals surface area (Å²) in [7, 11) is 1.96. The van der Waals surface area contributed by atoms with E-state index in [1.165, 1.54) is 0 Å². The molecule has 0 aromatic carbocycles. The molecule has 5 nitrogen and oxygen atoms in total. The monoisotopic (exact) mass is 254 g/mol. The van der Waals surface area contributed by atoms with Crippen LogP contribution in [-0.2, 0) is 17.7 Å². The van der Waals surface area contributed by atoms with Crippen LogP contribution in [0.25, 0.3) is 0 Å². The molecule has 0 aliphatic rings. The molecule has 0 amide bonds. The number of ether oxygens (including phenoxy) is 1. The van der Waals surface area contributed by atoms with Gasteiger partial charge in [0, 0.05) is 25.6 Å². The summed E-state index contributed by atoms with van der Waals surface area (Å²) in [6.45, 7) is 10.0. The van der Waals surface area contributed by atoms with E-state index in [2.05, 4.69) is 36.2 Å². The first-order valence-corrected chi connectivity index (χ1v) is 6.73. The third-order valence-electron chi connectivity index (χ3n) is 3.22. The molecule has 18 heavy (non-hydrogen) atoms. The van der Waals surface area contributed by atoms with Crippen molar-refractivity contribution < 1.29 is 4.74 Å². The molecule has 0 saturated carbocycles. The van der Waals surface area contributed by atoms with E-state index in [-0.39, 0.29) is 11.6 Å². The first-order valence-electron chi connectivity index (χ1n) is 6.73. The molecule has 1 aromatic rings. The predicted molar refractivity (Wildman–Crippen MR) is 72.6 cm³/mol. The molecule has 0 radical (unpaired) electrons. The summed E-state index contributed by atoms with van der Waals surface area (Å²) in [5, 5.41) is 7.59. The van der Waals surface area contributed by atoms with E-state index in [9.17, 15) is 0 Å². The Kier molecular flexibility index (Phi) is 5.75. The fourth-order valence-corrected chi connectivity index (χ4v) is 2.20. The van der Waals surface area contributed by atoms with Gasteiger partial charge in [0.25, 0.3) is 0 Å². The molecule has 104 valence electrons. The number of hydrogen-bond donors (Lipinski definition) is 1. The van der Waals surface area contributed by atoms with Crippen molar-refractivity contribution in [1.29, 1.82) is 0 Å². The molecule has 1 N–H and O–H groups in total. The van der Waals surface area contributed by atoms with Crippen LogP contribution < -0.4 is 5.32 Å². The second-order valence-electron chi connectivity index (χ2n) is 4.98. The summed E-state index contributed by atoms with van der Waals surface area (Å²) in [5.74, 6) is 1.02.